The molecule has 0 unspecified atom stereocenters. The highest BCUT2D eigenvalue weighted by atomic mass is 32.2. The Morgan fingerprint density at radius 1 is 1.10 bits per heavy atom. The summed E-state index contributed by atoms with van der Waals surface area (Å²) in [4.78, 5) is 22.3. The van der Waals surface area contributed by atoms with Crippen LogP contribution >= 0.6 is 23.1 Å². The summed E-state index contributed by atoms with van der Waals surface area (Å²) in [5.41, 5.74) is 0.251. The van der Waals surface area contributed by atoms with Crippen LogP contribution in [0.15, 0.2) is 47.4 Å². The van der Waals surface area contributed by atoms with E-state index < -0.39 is 11.7 Å². The molecule has 1 aliphatic rings. The third-order valence-corrected chi connectivity index (χ3v) is 6.72. The van der Waals surface area contributed by atoms with E-state index in [1.165, 1.54) is 12.1 Å². The third kappa shape index (κ3) is 4.06. The Morgan fingerprint density at radius 2 is 1.83 bits per heavy atom. The molecule has 0 N–H and O–H groups in total. The lowest BCUT2D eigenvalue weighted by Gasteiger charge is -2.34. The minimum atomic E-state index is -4.46. The largest absolute Gasteiger partial charge is 0.416 e. The summed E-state index contributed by atoms with van der Waals surface area (Å²) in [5, 5.41) is 0.910. The second-order valence-electron chi connectivity index (χ2n) is 6.66. The van der Waals surface area contributed by atoms with E-state index >= 15 is 0 Å². The number of alkyl halides is 3. The fourth-order valence-corrected chi connectivity index (χ4v) is 5.00. The van der Waals surface area contributed by atoms with Gasteiger partial charge in [0.05, 0.1) is 15.8 Å². The topological polar surface area (TPSA) is 36.4 Å². The van der Waals surface area contributed by atoms with Crippen LogP contribution in [0.1, 0.15) is 15.9 Å². The Bertz CT molecular complexity index is 1040. The van der Waals surface area contributed by atoms with Crippen LogP contribution in [0.2, 0.25) is 0 Å². The summed E-state index contributed by atoms with van der Waals surface area (Å²) < 4.78 is 39.9. The van der Waals surface area contributed by atoms with Crippen molar-refractivity contribution in [3.8, 4) is 0 Å². The number of thiazole rings is 1. The van der Waals surface area contributed by atoms with Crippen LogP contribution in [0, 0.1) is 0 Å². The maximum absolute atomic E-state index is 12.9. The molecule has 0 radical (unpaired) electrons. The Hall–Kier alpha value is -2.26. The number of para-hydroxylation sites is 1. The van der Waals surface area contributed by atoms with E-state index in [0.717, 1.165) is 32.4 Å². The van der Waals surface area contributed by atoms with Crippen molar-refractivity contribution in [2.75, 3.05) is 37.3 Å². The average molecular weight is 438 g/mol. The molecule has 4 rings (SSSR count). The van der Waals surface area contributed by atoms with Crippen LogP contribution in [0.3, 0.4) is 0 Å². The van der Waals surface area contributed by atoms with Crippen molar-refractivity contribution in [1.82, 2.24) is 9.88 Å². The quantitative estimate of drug-likeness (QED) is 0.541. The lowest BCUT2D eigenvalue weighted by atomic mass is 10.1. The van der Waals surface area contributed by atoms with Gasteiger partial charge < -0.3 is 9.80 Å². The molecule has 0 spiro atoms. The second kappa shape index (κ2) is 7.87. The first-order chi connectivity index (χ1) is 13.9. The Morgan fingerprint density at radius 3 is 2.52 bits per heavy atom. The molecular weight excluding hydrogens is 419 g/mol. The van der Waals surface area contributed by atoms with Crippen LogP contribution in [-0.2, 0) is 6.18 Å². The van der Waals surface area contributed by atoms with Gasteiger partial charge in [0, 0.05) is 36.6 Å². The molecule has 1 fully saturated rings. The number of carbonyl (C=O) groups excluding carboxylic acids is 1. The van der Waals surface area contributed by atoms with Gasteiger partial charge in [0.15, 0.2) is 5.13 Å². The summed E-state index contributed by atoms with van der Waals surface area (Å²) in [5.74, 6) is -0.371. The number of piperazine rings is 1. The first kappa shape index (κ1) is 20.0. The van der Waals surface area contributed by atoms with E-state index in [9.17, 15) is 18.0 Å². The zero-order valence-corrected chi connectivity index (χ0v) is 17.2. The molecule has 3 aromatic rings. The molecule has 4 nitrogen and oxygen atoms in total. The number of carbonyl (C=O) groups is 1. The van der Waals surface area contributed by atoms with E-state index in [4.69, 9.17) is 4.98 Å². The van der Waals surface area contributed by atoms with Gasteiger partial charge in [-0.05, 0) is 36.6 Å². The van der Waals surface area contributed by atoms with Crippen molar-refractivity contribution >= 4 is 44.4 Å². The Kier molecular flexibility index (Phi) is 5.44. The molecule has 1 saturated heterocycles. The van der Waals surface area contributed by atoms with Crippen LogP contribution in [0.25, 0.3) is 10.2 Å². The number of amides is 1. The van der Waals surface area contributed by atoms with E-state index in [1.54, 1.807) is 28.0 Å². The molecule has 1 amide bonds. The summed E-state index contributed by atoms with van der Waals surface area (Å²) in [6.07, 6.45) is -2.44. The first-order valence-electron chi connectivity index (χ1n) is 9.02. The molecule has 0 bridgehead atoms. The third-order valence-electron chi connectivity index (χ3n) is 4.86. The zero-order chi connectivity index (χ0) is 20.6. The lowest BCUT2D eigenvalue weighted by molar-refractivity contribution is -0.137. The SMILES string of the molecule is CSc1cccc2sc(N3CCN(C(=O)c4cccc(C(F)(F)F)c4)CC3)nc12. The van der Waals surface area contributed by atoms with Crippen molar-refractivity contribution in [3.63, 3.8) is 0 Å². The van der Waals surface area contributed by atoms with Crippen molar-refractivity contribution in [2.24, 2.45) is 0 Å². The number of rotatable bonds is 3. The summed E-state index contributed by atoms with van der Waals surface area (Å²) in [6, 6.07) is 10.7. The maximum atomic E-state index is 12.9. The van der Waals surface area contributed by atoms with Crippen molar-refractivity contribution < 1.29 is 18.0 Å². The molecule has 9 heteroatoms. The number of halogens is 3. The summed E-state index contributed by atoms with van der Waals surface area (Å²) >= 11 is 3.27. The van der Waals surface area contributed by atoms with Gasteiger partial charge in [-0.25, -0.2) is 4.98 Å². The monoisotopic (exact) mass is 437 g/mol. The molecule has 2 aromatic carbocycles. The highest BCUT2D eigenvalue weighted by Crippen LogP contribution is 2.34. The highest BCUT2D eigenvalue weighted by Gasteiger charge is 2.32. The van der Waals surface area contributed by atoms with Gasteiger partial charge in [0.25, 0.3) is 5.91 Å². The fourth-order valence-electron chi connectivity index (χ4n) is 3.32. The maximum Gasteiger partial charge on any atom is 0.416 e. The van der Waals surface area contributed by atoms with Gasteiger partial charge in [-0.15, -0.1) is 11.8 Å². The smallest absolute Gasteiger partial charge is 0.345 e. The van der Waals surface area contributed by atoms with E-state index in [1.807, 2.05) is 24.5 Å². The van der Waals surface area contributed by atoms with Crippen LogP contribution < -0.4 is 4.90 Å². The molecule has 0 atom stereocenters. The number of thioether (sulfide) groups is 1. The number of anilines is 1. The van der Waals surface area contributed by atoms with E-state index in [0.29, 0.717) is 26.2 Å². The minimum absolute atomic E-state index is 0.0675. The van der Waals surface area contributed by atoms with Crippen LogP contribution in [-0.4, -0.2) is 48.2 Å². The van der Waals surface area contributed by atoms with Gasteiger partial charge in [-0.2, -0.15) is 13.2 Å². The molecule has 152 valence electrons. The molecular formula is C20H18F3N3OS2. The van der Waals surface area contributed by atoms with Gasteiger partial charge in [0.2, 0.25) is 0 Å². The fraction of sp³-hybridized carbons (Fsp3) is 0.300. The summed E-state index contributed by atoms with van der Waals surface area (Å²) in [6.45, 7) is 2.08. The van der Waals surface area contributed by atoms with Crippen molar-refractivity contribution in [1.29, 1.82) is 0 Å². The van der Waals surface area contributed by atoms with E-state index in [-0.39, 0.29) is 11.5 Å². The average Bonchev–Trinajstić information content (AvgIpc) is 3.17. The minimum Gasteiger partial charge on any atom is -0.345 e. The molecule has 1 aromatic heterocycles. The predicted octanol–water partition coefficient (Wildman–Crippen LogP) is 5.00. The lowest BCUT2D eigenvalue weighted by Crippen LogP contribution is -2.48. The van der Waals surface area contributed by atoms with Gasteiger partial charge in [-0.3, -0.25) is 4.79 Å². The van der Waals surface area contributed by atoms with Crippen LogP contribution in [0.5, 0.6) is 0 Å². The van der Waals surface area contributed by atoms with Crippen molar-refractivity contribution in [2.45, 2.75) is 11.1 Å². The molecule has 2 heterocycles. The number of fused-ring (bicyclic) bond motifs is 1. The zero-order valence-electron chi connectivity index (χ0n) is 15.6. The number of aromatic nitrogens is 1. The van der Waals surface area contributed by atoms with Gasteiger partial charge in [0.1, 0.15) is 0 Å². The number of hydrogen-bond acceptors (Lipinski definition) is 5. The predicted molar refractivity (Wildman–Crippen MR) is 111 cm³/mol. The number of benzene rings is 2. The highest BCUT2D eigenvalue weighted by molar-refractivity contribution is 7.98. The van der Waals surface area contributed by atoms with E-state index in [2.05, 4.69) is 4.90 Å². The normalized spacial score (nSPS) is 15.2. The number of hydrogen-bond donors (Lipinski definition) is 0. The number of nitrogens with zero attached hydrogens (tertiary/aromatic N) is 3. The second-order valence-corrected chi connectivity index (χ2v) is 8.52. The molecule has 1 aliphatic heterocycles. The molecule has 0 aliphatic carbocycles. The standard InChI is InChI=1S/C20H18F3N3OS2/c1-28-15-6-3-7-16-17(15)24-19(29-16)26-10-8-25(9-11-26)18(27)13-4-2-5-14(12-13)20(21,22)23/h2-7,12H,8-11H2,1H3. The Labute approximate surface area is 174 Å². The first-order valence-corrected chi connectivity index (χ1v) is 11.1. The Balaban J connectivity index is 1.46. The van der Waals surface area contributed by atoms with Gasteiger partial charge >= 0.3 is 6.18 Å². The van der Waals surface area contributed by atoms with Crippen LogP contribution in [0.4, 0.5) is 18.3 Å². The molecule has 29 heavy (non-hydrogen) atoms. The van der Waals surface area contributed by atoms with Crippen molar-refractivity contribution in [3.05, 3.63) is 53.6 Å². The van der Waals surface area contributed by atoms with Gasteiger partial charge in [-0.1, -0.05) is 23.5 Å². The molecule has 0 saturated carbocycles. The summed E-state index contributed by atoms with van der Waals surface area (Å²) in [7, 11) is 0.